The standard InChI is InChI=1S/C19H21F3N4O3S2/c1-25-8-10-26(11-9-25)31(28,29)16-5-3-15(4-6-16)24-17(27)13-30-18-7-2-14(12-23-18)19(20,21)22/h2-7,12H,8-11,13H2,1H3,(H,24,27). The minimum Gasteiger partial charge on any atom is -0.325 e. The minimum atomic E-state index is -4.46. The Morgan fingerprint density at radius 3 is 2.29 bits per heavy atom. The number of nitrogens with zero attached hydrogens (tertiary/aromatic N) is 3. The Kier molecular flexibility index (Phi) is 7.24. The zero-order valence-corrected chi connectivity index (χ0v) is 18.2. The molecule has 0 radical (unpaired) electrons. The van der Waals surface area contributed by atoms with Crippen molar-refractivity contribution in [1.82, 2.24) is 14.2 Å². The molecule has 0 aliphatic carbocycles. The molecule has 1 aliphatic rings. The topological polar surface area (TPSA) is 82.6 Å². The number of piperazine rings is 1. The molecular weight excluding hydrogens is 453 g/mol. The SMILES string of the molecule is CN1CCN(S(=O)(=O)c2ccc(NC(=O)CSc3ccc(C(F)(F)F)cn3)cc2)CC1. The zero-order valence-electron chi connectivity index (χ0n) is 16.6. The number of aromatic nitrogens is 1. The summed E-state index contributed by atoms with van der Waals surface area (Å²) >= 11 is 0.996. The second kappa shape index (κ2) is 9.55. The van der Waals surface area contributed by atoms with Gasteiger partial charge >= 0.3 is 6.18 Å². The molecule has 0 atom stereocenters. The molecule has 1 aromatic carbocycles. The maximum Gasteiger partial charge on any atom is 0.417 e. The number of hydrogen-bond donors (Lipinski definition) is 1. The van der Waals surface area contributed by atoms with E-state index in [-0.39, 0.29) is 21.6 Å². The van der Waals surface area contributed by atoms with Crippen molar-refractivity contribution in [3.05, 3.63) is 48.2 Å². The smallest absolute Gasteiger partial charge is 0.325 e. The molecule has 1 saturated heterocycles. The lowest BCUT2D eigenvalue weighted by Crippen LogP contribution is -2.46. The fourth-order valence-electron chi connectivity index (χ4n) is 2.86. The van der Waals surface area contributed by atoms with E-state index in [2.05, 4.69) is 15.2 Å². The van der Waals surface area contributed by atoms with E-state index in [1.54, 1.807) is 0 Å². The van der Waals surface area contributed by atoms with Gasteiger partial charge in [-0.2, -0.15) is 17.5 Å². The van der Waals surface area contributed by atoms with Gasteiger partial charge in [0.05, 0.1) is 21.2 Å². The van der Waals surface area contributed by atoms with Crippen LogP contribution in [-0.4, -0.2) is 67.5 Å². The van der Waals surface area contributed by atoms with Gasteiger partial charge in [-0.25, -0.2) is 13.4 Å². The van der Waals surface area contributed by atoms with Crippen LogP contribution in [0.5, 0.6) is 0 Å². The molecule has 1 amide bonds. The molecule has 0 unspecified atom stereocenters. The van der Waals surface area contributed by atoms with E-state index in [1.165, 1.54) is 34.6 Å². The summed E-state index contributed by atoms with van der Waals surface area (Å²) in [6.07, 6.45) is -3.74. The molecule has 1 aromatic heterocycles. The van der Waals surface area contributed by atoms with Crippen LogP contribution in [-0.2, 0) is 21.0 Å². The van der Waals surface area contributed by atoms with Crippen molar-refractivity contribution in [1.29, 1.82) is 0 Å². The van der Waals surface area contributed by atoms with Crippen LogP contribution in [0.1, 0.15) is 5.56 Å². The summed E-state index contributed by atoms with van der Waals surface area (Å²) in [5.41, 5.74) is -0.434. The number of thioether (sulfide) groups is 1. The van der Waals surface area contributed by atoms with Gasteiger partial charge < -0.3 is 10.2 Å². The van der Waals surface area contributed by atoms with Gasteiger partial charge in [0.15, 0.2) is 0 Å². The number of alkyl halides is 3. The van der Waals surface area contributed by atoms with Crippen molar-refractivity contribution in [2.45, 2.75) is 16.1 Å². The predicted molar refractivity (Wildman–Crippen MR) is 111 cm³/mol. The Morgan fingerprint density at radius 2 is 1.74 bits per heavy atom. The van der Waals surface area contributed by atoms with Crippen molar-refractivity contribution in [3.63, 3.8) is 0 Å². The Balaban J connectivity index is 1.54. The molecule has 1 fully saturated rings. The highest BCUT2D eigenvalue weighted by molar-refractivity contribution is 7.99. The van der Waals surface area contributed by atoms with Crippen LogP contribution >= 0.6 is 11.8 Å². The van der Waals surface area contributed by atoms with Crippen LogP contribution in [0.25, 0.3) is 0 Å². The third-order valence-electron chi connectivity index (χ3n) is 4.65. The highest BCUT2D eigenvalue weighted by atomic mass is 32.2. The van der Waals surface area contributed by atoms with Gasteiger partial charge in [0.1, 0.15) is 0 Å². The highest BCUT2D eigenvalue weighted by Crippen LogP contribution is 2.29. The first-order chi connectivity index (χ1) is 14.6. The first kappa shape index (κ1) is 23.5. The van der Waals surface area contributed by atoms with Gasteiger partial charge in [-0.15, -0.1) is 0 Å². The van der Waals surface area contributed by atoms with E-state index in [1.807, 2.05) is 7.05 Å². The Morgan fingerprint density at radius 1 is 1.10 bits per heavy atom. The number of carbonyl (C=O) groups is 1. The van der Waals surface area contributed by atoms with Gasteiger partial charge in [-0.1, -0.05) is 11.8 Å². The number of likely N-dealkylation sites (N-methyl/N-ethyl adjacent to an activating group) is 1. The average Bonchev–Trinajstić information content (AvgIpc) is 2.73. The number of carbonyl (C=O) groups excluding carboxylic acids is 1. The van der Waals surface area contributed by atoms with E-state index < -0.39 is 21.8 Å². The van der Waals surface area contributed by atoms with Crippen LogP contribution in [0.4, 0.5) is 18.9 Å². The number of benzene rings is 1. The largest absolute Gasteiger partial charge is 0.417 e. The summed E-state index contributed by atoms with van der Waals surface area (Å²) in [6.45, 7) is 2.18. The quantitative estimate of drug-likeness (QED) is 0.649. The molecule has 12 heteroatoms. The summed E-state index contributed by atoms with van der Waals surface area (Å²) < 4.78 is 64.5. The Hall–Kier alpha value is -2.15. The summed E-state index contributed by atoms with van der Waals surface area (Å²) in [7, 11) is -1.65. The molecule has 31 heavy (non-hydrogen) atoms. The molecule has 1 aliphatic heterocycles. The number of amides is 1. The fourth-order valence-corrected chi connectivity index (χ4v) is 4.92. The molecule has 3 rings (SSSR count). The van der Waals surface area contributed by atoms with Crippen LogP contribution in [0, 0.1) is 0 Å². The van der Waals surface area contributed by atoms with Crippen LogP contribution in [0.3, 0.4) is 0 Å². The Bertz CT molecular complexity index is 1010. The third kappa shape index (κ3) is 6.19. The lowest BCUT2D eigenvalue weighted by Gasteiger charge is -2.31. The van der Waals surface area contributed by atoms with Crippen LogP contribution in [0.15, 0.2) is 52.5 Å². The Labute approximate surface area is 182 Å². The first-order valence-electron chi connectivity index (χ1n) is 9.30. The number of halogens is 3. The average molecular weight is 475 g/mol. The van der Waals surface area contributed by atoms with Gasteiger partial charge in [-0.3, -0.25) is 4.79 Å². The summed E-state index contributed by atoms with van der Waals surface area (Å²) in [5, 5.41) is 2.92. The van der Waals surface area contributed by atoms with Gasteiger partial charge in [0.2, 0.25) is 15.9 Å². The number of sulfonamides is 1. The fraction of sp³-hybridized carbons (Fsp3) is 0.368. The predicted octanol–water partition coefficient (Wildman–Crippen LogP) is 2.77. The number of hydrogen-bond acceptors (Lipinski definition) is 6. The van der Waals surface area contributed by atoms with Gasteiger partial charge in [-0.05, 0) is 43.4 Å². The summed E-state index contributed by atoms with van der Waals surface area (Å²) in [5.74, 6) is -0.443. The van der Waals surface area contributed by atoms with Crippen molar-refractivity contribution in [2.75, 3.05) is 44.3 Å². The maximum absolute atomic E-state index is 12.7. The van der Waals surface area contributed by atoms with E-state index in [4.69, 9.17) is 0 Å². The normalized spacial score (nSPS) is 16.3. The lowest BCUT2D eigenvalue weighted by molar-refractivity contribution is -0.137. The number of pyridine rings is 1. The molecule has 7 nitrogen and oxygen atoms in total. The number of nitrogens with one attached hydrogen (secondary N) is 1. The summed E-state index contributed by atoms with van der Waals surface area (Å²) in [6, 6.07) is 8.00. The van der Waals surface area contributed by atoms with E-state index in [9.17, 15) is 26.4 Å². The highest BCUT2D eigenvalue weighted by Gasteiger charge is 2.30. The number of rotatable bonds is 6. The molecule has 2 aromatic rings. The van der Waals surface area contributed by atoms with Gasteiger partial charge in [0.25, 0.3) is 0 Å². The molecule has 2 heterocycles. The molecule has 0 spiro atoms. The van der Waals surface area contributed by atoms with Crippen molar-refractivity contribution >= 4 is 33.4 Å². The molecule has 0 bridgehead atoms. The van der Waals surface area contributed by atoms with E-state index in [0.29, 0.717) is 31.9 Å². The molecule has 0 saturated carbocycles. The van der Waals surface area contributed by atoms with Crippen LogP contribution < -0.4 is 5.32 Å². The lowest BCUT2D eigenvalue weighted by atomic mass is 10.3. The van der Waals surface area contributed by atoms with Crippen molar-refractivity contribution < 1.29 is 26.4 Å². The molecule has 168 valence electrons. The monoisotopic (exact) mass is 474 g/mol. The summed E-state index contributed by atoms with van der Waals surface area (Å²) in [4.78, 5) is 18.0. The second-order valence-corrected chi connectivity index (χ2v) is 9.89. The van der Waals surface area contributed by atoms with Crippen molar-refractivity contribution in [3.8, 4) is 0 Å². The molecular formula is C19H21F3N4O3S2. The van der Waals surface area contributed by atoms with Crippen LogP contribution in [0.2, 0.25) is 0 Å². The third-order valence-corrected chi connectivity index (χ3v) is 7.51. The maximum atomic E-state index is 12.7. The molecule has 1 N–H and O–H groups in total. The minimum absolute atomic E-state index is 0.0558. The zero-order chi connectivity index (χ0) is 22.6. The number of anilines is 1. The van der Waals surface area contributed by atoms with E-state index in [0.717, 1.165) is 24.0 Å². The van der Waals surface area contributed by atoms with Gasteiger partial charge in [0, 0.05) is 38.1 Å². The van der Waals surface area contributed by atoms with E-state index >= 15 is 0 Å². The first-order valence-corrected chi connectivity index (χ1v) is 11.7. The second-order valence-electron chi connectivity index (χ2n) is 6.95. The van der Waals surface area contributed by atoms with Crippen molar-refractivity contribution in [2.24, 2.45) is 0 Å².